The van der Waals surface area contributed by atoms with Crippen molar-refractivity contribution in [1.29, 1.82) is 0 Å². The highest BCUT2D eigenvalue weighted by atomic mass is 16.4. The molecule has 10 heteroatoms. The highest BCUT2D eigenvalue weighted by molar-refractivity contribution is 5.99. The van der Waals surface area contributed by atoms with E-state index in [0.717, 1.165) is 70.8 Å². The van der Waals surface area contributed by atoms with Gasteiger partial charge in [0, 0.05) is 46.1 Å². The number of aliphatic carboxylic acids is 2. The van der Waals surface area contributed by atoms with Crippen molar-refractivity contribution in [3.8, 4) is 0 Å². The van der Waals surface area contributed by atoms with E-state index in [-0.39, 0.29) is 25.7 Å². The summed E-state index contributed by atoms with van der Waals surface area (Å²) in [5, 5.41) is 31.1. The van der Waals surface area contributed by atoms with Crippen LogP contribution in [0.4, 0.5) is 0 Å². The van der Waals surface area contributed by atoms with E-state index in [1.165, 1.54) is 16.7 Å². The van der Waals surface area contributed by atoms with E-state index < -0.39 is 18.0 Å². The number of aliphatic hydroxyl groups is 1. The fourth-order valence-electron chi connectivity index (χ4n) is 7.87. The fraction of sp³-hybridized carbons (Fsp3) is 0.367. The molecule has 8 bridgehead atoms. The number of nitrogens with zero attached hydrogens (tertiary/aromatic N) is 2. The number of aromatic amines is 2. The molecule has 0 radical (unpaired) electrons. The standard InChI is InChI=1S/C49H58N4O6/c1-9-34-31(6)39-25-45-49(46(55)18-12-17-30(5)16-11-15-29(4)14-10-13-28(2)3)33(8)40(52-45)24-44-37(27-54)36(20-22-48(58)59)43(53-44)26-42-35(19-21-47(56)57)32(7)38(51-42)23-41(34)50-39/h9,13,15,17,23-27,46,50,53,55H,1,10-12,14,16,18-22H2,2-8H3,(H,56,57)(H,58,59)/b29-15+,30-17+,38-23?,39-25?,40-24?,41-23?,42-26?,43-26?,44-24?,45-25?. The number of aldehydes is 1. The number of carbonyl (C=O) groups is 3. The first kappa shape index (κ1) is 44.2. The average Bonchev–Trinajstić information content (AvgIpc) is 3.85. The van der Waals surface area contributed by atoms with Gasteiger partial charge in [0.15, 0.2) is 6.29 Å². The third-order valence-corrected chi connectivity index (χ3v) is 11.3. The minimum absolute atomic E-state index is 0.0746. The molecule has 2 aliphatic heterocycles. The van der Waals surface area contributed by atoms with Crippen LogP contribution in [-0.2, 0) is 16.0 Å². The van der Waals surface area contributed by atoms with Crippen LogP contribution in [-0.4, -0.2) is 59.6 Å². The van der Waals surface area contributed by atoms with Gasteiger partial charge in [-0.25, -0.2) is 9.97 Å². The second-order valence-electron chi connectivity index (χ2n) is 16.0. The van der Waals surface area contributed by atoms with E-state index in [9.17, 15) is 29.7 Å². The van der Waals surface area contributed by atoms with Gasteiger partial charge in [0.1, 0.15) is 0 Å². The third kappa shape index (κ3) is 10.8. The maximum absolute atomic E-state index is 12.8. The summed E-state index contributed by atoms with van der Waals surface area (Å²) in [5.74, 6) is -1.95. The molecule has 0 aromatic carbocycles. The molecule has 5 heterocycles. The molecule has 2 aliphatic rings. The molecule has 0 fully saturated rings. The summed E-state index contributed by atoms with van der Waals surface area (Å²) in [5.41, 5.74) is 14.5. The van der Waals surface area contributed by atoms with E-state index in [2.05, 4.69) is 62.5 Å². The van der Waals surface area contributed by atoms with Crippen molar-refractivity contribution in [2.45, 2.75) is 119 Å². The van der Waals surface area contributed by atoms with Crippen molar-refractivity contribution in [2.75, 3.05) is 0 Å². The number of carboxylic acid groups (broad SMARTS) is 2. The van der Waals surface area contributed by atoms with Crippen molar-refractivity contribution >= 4 is 68.7 Å². The van der Waals surface area contributed by atoms with Crippen molar-refractivity contribution < 1.29 is 29.7 Å². The molecular weight excluding hydrogens is 741 g/mol. The summed E-state index contributed by atoms with van der Waals surface area (Å²) >= 11 is 0. The number of allylic oxidation sites excluding steroid dienone is 9. The predicted octanol–water partition coefficient (Wildman–Crippen LogP) is 11.4. The Hall–Kier alpha value is -5.87. The first-order chi connectivity index (χ1) is 28.1. The molecule has 0 amide bonds. The van der Waals surface area contributed by atoms with Crippen LogP contribution in [0.5, 0.6) is 0 Å². The molecular formula is C49H58N4O6. The Bertz CT molecular complexity index is 2480. The van der Waals surface area contributed by atoms with Gasteiger partial charge in [0.2, 0.25) is 0 Å². The van der Waals surface area contributed by atoms with Gasteiger partial charge in [0.25, 0.3) is 0 Å². The molecule has 1 atom stereocenters. The first-order valence-corrected chi connectivity index (χ1v) is 20.4. The van der Waals surface area contributed by atoms with E-state index in [4.69, 9.17) is 9.97 Å². The Morgan fingerprint density at radius 1 is 0.695 bits per heavy atom. The quantitative estimate of drug-likeness (QED) is 0.0625. The monoisotopic (exact) mass is 798 g/mol. The largest absolute Gasteiger partial charge is 0.481 e. The van der Waals surface area contributed by atoms with Gasteiger partial charge in [-0.2, -0.15) is 0 Å². The van der Waals surface area contributed by atoms with Crippen LogP contribution >= 0.6 is 0 Å². The van der Waals surface area contributed by atoms with Crippen molar-refractivity contribution in [3.63, 3.8) is 0 Å². The van der Waals surface area contributed by atoms with Crippen LogP contribution in [0.2, 0.25) is 0 Å². The lowest BCUT2D eigenvalue weighted by molar-refractivity contribution is -0.137. The molecule has 3 aromatic heterocycles. The zero-order valence-corrected chi connectivity index (χ0v) is 35.5. The highest BCUT2D eigenvalue weighted by Gasteiger charge is 2.25. The van der Waals surface area contributed by atoms with E-state index in [1.54, 1.807) is 18.2 Å². The Morgan fingerprint density at radius 2 is 1.24 bits per heavy atom. The topological polar surface area (TPSA) is 169 Å². The van der Waals surface area contributed by atoms with Crippen LogP contribution in [0.15, 0.2) is 65.8 Å². The minimum Gasteiger partial charge on any atom is -0.481 e. The number of fused-ring (bicyclic) bond motifs is 8. The second-order valence-corrected chi connectivity index (χ2v) is 16.0. The van der Waals surface area contributed by atoms with Crippen LogP contribution in [0.3, 0.4) is 0 Å². The van der Waals surface area contributed by atoms with Gasteiger partial charge in [-0.05, 0) is 152 Å². The third-order valence-electron chi connectivity index (χ3n) is 11.3. The van der Waals surface area contributed by atoms with Crippen molar-refractivity contribution in [1.82, 2.24) is 19.9 Å². The number of hydrogen-bond acceptors (Lipinski definition) is 6. The number of carboxylic acids is 2. The Labute approximate surface area is 346 Å². The van der Waals surface area contributed by atoms with Gasteiger partial charge >= 0.3 is 11.9 Å². The second kappa shape index (κ2) is 19.7. The molecule has 310 valence electrons. The molecule has 0 aliphatic carbocycles. The summed E-state index contributed by atoms with van der Waals surface area (Å²) in [4.78, 5) is 53.2. The molecule has 3 aromatic rings. The molecule has 0 saturated heterocycles. The van der Waals surface area contributed by atoms with Gasteiger partial charge in [-0.3, -0.25) is 14.4 Å². The molecule has 10 nitrogen and oxygen atoms in total. The summed E-state index contributed by atoms with van der Waals surface area (Å²) in [6.07, 6.45) is 13.7. The number of aliphatic hydroxyl groups excluding tert-OH is 1. The van der Waals surface area contributed by atoms with E-state index >= 15 is 0 Å². The molecule has 1 unspecified atom stereocenters. The number of aryl methyl sites for hydroxylation is 2. The number of rotatable bonds is 18. The number of carbonyl (C=O) groups excluding carboxylic acids is 1. The van der Waals surface area contributed by atoms with Crippen LogP contribution in [0.1, 0.15) is 149 Å². The number of hydrogen-bond donors (Lipinski definition) is 5. The minimum atomic E-state index is -1.01. The maximum Gasteiger partial charge on any atom is 0.303 e. The van der Waals surface area contributed by atoms with Gasteiger partial charge in [-0.1, -0.05) is 47.6 Å². The van der Waals surface area contributed by atoms with E-state index in [0.29, 0.717) is 63.4 Å². The summed E-state index contributed by atoms with van der Waals surface area (Å²) in [7, 11) is 0. The summed E-state index contributed by atoms with van der Waals surface area (Å²) in [6.45, 7) is 18.5. The molecule has 59 heavy (non-hydrogen) atoms. The number of nitrogens with one attached hydrogen (secondary N) is 2. The SMILES string of the molecule is C=Cc1c(C)c2cc3nc(cc4[nH]c(cc5nc(cc1[nH]2)C(C)=C5CCC(=O)O)c(CCC(=O)O)c4C=O)C(C)=C3C(O)CC/C=C(\C)CC/C=C(\C)CCC=C(C)C. The van der Waals surface area contributed by atoms with Crippen LogP contribution in [0, 0.1) is 6.92 Å². The number of aromatic nitrogens is 4. The summed E-state index contributed by atoms with van der Waals surface area (Å²) < 4.78 is 0. The van der Waals surface area contributed by atoms with Gasteiger partial charge < -0.3 is 25.3 Å². The molecule has 0 saturated carbocycles. The maximum atomic E-state index is 12.8. The number of H-pyrrole nitrogens is 2. The normalized spacial score (nSPS) is 13.8. The Morgan fingerprint density at radius 3 is 1.86 bits per heavy atom. The molecule has 5 rings (SSSR count). The fourth-order valence-corrected chi connectivity index (χ4v) is 7.87. The predicted molar refractivity (Wildman–Crippen MR) is 240 cm³/mol. The highest BCUT2D eigenvalue weighted by Crippen LogP contribution is 2.38. The average molecular weight is 799 g/mol. The van der Waals surface area contributed by atoms with Crippen molar-refractivity contribution in [3.05, 3.63) is 111 Å². The molecule has 5 N–H and O–H groups in total. The van der Waals surface area contributed by atoms with Crippen molar-refractivity contribution in [2.24, 2.45) is 0 Å². The first-order valence-electron chi connectivity index (χ1n) is 20.4. The Balaban J connectivity index is 1.64. The Kier molecular flexibility index (Phi) is 14.8. The van der Waals surface area contributed by atoms with Gasteiger partial charge in [0.05, 0.1) is 34.4 Å². The zero-order valence-electron chi connectivity index (χ0n) is 35.5. The summed E-state index contributed by atoms with van der Waals surface area (Å²) in [6, 6.07) is 7.40. The van der Waals surface area contributed by atoms with Gasteiger partial charge in [-0.15, -0.1) is 0 Å². The lowest BCUT2D eigenvalue weighted by atomic mass is 9.96. The van der Waals surface area contributed by atoms with Crippen LogP contribution < -0.4 is 0 Å². The van der Waals surface area contributed by atoms with Crippen LogP contribution in [0.25, 0.3) is 50.4 Å². The lowest BCUT2D eigenvalue weighted by Gasteiger charge is -2.13. The van der Waals surface area contributed by atoms with E-state index in [1.807, 2.05) is 32.9 Å². The zero-order chi connectivity index (χ0) is 43.0. The lowest BCUT2D eigenvalue weighted by Crippen LogP contribution is -2.09. The smallest absolute Gasteiger partial charge is 0.303 e. The molecule has 0 spiro atoms.